The molecule has 1 aromatic carbocycles. The summed E-state index contributed by atoms with van der Waals surface area (Å²) < 4.78 is 16.6. The number of nitrogens with zero attached hydrogens (tertiary/aromatic N) is 5. The van der Waals surface area contributed by atoms with Crippen LogP contribution in [0, 0.1) is 0 Å². The molecule has 3 rings (SSSR count). The Hall–Kier alpha value is -3.65. The number of rotatable bonds is 14. The molecule has 7 N–H and O–H groups in total. The maximum Gasteiger partial charge on any atom is 0.328 e. The molecule has 0 radical (unpaired) electrons. The summed E-state index contributed by atoms with van der Waals surface area (Å²) in [6, 6.07) is 6.67. The first-order chi connectivity index (χ1) is 19.6. The summed E-state index contributed by atoms with van der Waals surface area (Å²) in [5.41, 5.74) is 14.0. The molecule has 2 heterocycles. The van der Waals surface area contributed by atoms with Crippen LogP contribution in [0.15, 0.2) is 30.5 Å². The monoisotopic (exact) mass is 618 g/mol. The number of ether oxygens (including phenoxy) is 1. The van der Waals surface area contributed by atoms with E-state index in [0.717, 1.165) is 11.7 Å². The van der Waals surface area contributed by atoms with E-state index in [0.29, 0.717) is 35.4 Å². The number of benzene rings is 1. The molecule has 0 saturated carbocycles. The molecule has 0 bridgehead atoms. The molecule has 228 valence electrons. The maximum absolute atomic E-state index is 13.0. The molecule has 3 aromatic rings. The number of nitrogen functional groups attached to an aromatic ring is 2. The van der Waals surface area contributed by atoms with Crippen molar-refractivity contribution in [2.45, 2.75) is 57.5 Å². The predicted molar refractivity (Wildman–Crippen MR) is 164 cm³/mol. The van der Waals surface area contributed by atoms with Crippen molar-refractivity contribution in [3.8, 4) is 0 Å². The predicted octanol–water partition coefficient (Wildman–Crippen LogP) is 2.55. The summed E-state index contributed by atoms with van der Waals surface area (Å²) in [6.07, 6.45) is 2.05. The Morgan fingerprint density at radius 2 is 1.79 bits per heavy atom. The second-order valence-electron chi connectivity index (χ2n) is 11.3. The van der Waals surface area contributed by atoms with Crippen molar-refractivity contribution in [3.05, 3.63) is 41.7 Å². The Morgan fingerprint density at radius 3 is 2.43 bits per heavy atom. The van der Waals surface area contributed by atoms with E-state index < -0.39 is 33.6 Å². The number of nitrogens with one attached hydrogen (secondary N) is 1. The fraction of sp³-hybridized carbons (Fsp3) is 0.462. The van der Waals surface area contributed by atoms with Crippen molar-refractivity contribution in [1.82, 2.24) is 25.3 Å². The van der Waals surface area contributed by atoms with Crippen LogP contribution in [0.4, 0.5) is 17.5 Å². The highest BCUT2D eigenvalue weighted by atomic mass is 31.2. The van der Waals surface area contributed by atoms with Gasteiger partial charge in [0.2, 0.25) is 5.95 Å². The summed E-state index contributed by atoms with van der Waals surface area (Å²) >= 11 is 0. The fourth-order valence-electron chi connectivity index (χ4n) is 3.98. The number of amides is 1. The van der Waals surface area contributed by atoms with Crippen LogP contribution >= 0.6 is 7.60 Å². The number of hydrogen-bond acceptors (Lipinski definition) is 11. The van der Waals surface area contributed by atoms with Gasteiger partial charge in [-0.25, -0.2) is 14.8 Å². The molecule has 2 aromatic heterocycles. The number of fused-ring (bicyclic) bond motifs is 1. The van der Waals surface area contributed by atoms with E-state index in [1.54, 1.807) is 30.5 Å². The summed E-state index contributed by atoms with van der Waals surface area (Å²) in [4.78, 5) is 62.7. The zero-order valence-corrected chi connectivity index (χ0v) is 26.2. The Balaban J connectivity index is 1.64. The number of anilines is 3. The summed E-state index contributed by atoms with van der Waals surface area (Å²) in [5.74, 6) is -0.848. The van der Waals surface area contributed by atoms with Crippen molar-refractivity contribution in [2.75, 3.05) is 36.2 Å². The zero-order valence-electron chi connectivity index (χ0n) is 24.3. The molecule has 14 nitrogen and oxygen atoms in total. The third-order valence-electron chi connectivity index (χ3n) is 6.35. The molecular formula is C26H39N8O6PSi. The number of unbranched alkanes of at least 4 members (excludes halogenated alkanes) is 1. The Labute approximate surface area is 245 Å². The van der Waals surface area contributed by atoms with Crippen LogP contribution in [0.3, 0.4) is 0 Å². The fourth-order valence-corrected chi connectivity index (χ4v) is 5.33. The van der Waals surface area contributed by atoms with Crippen molar-refractivity contribution in [2.24, 2.45) is 0 Å². The van der Waals surface area contributed by atoms with Gasteiger partial charge in [0.15, 0.2) is 17.0 Å². The highest BCUT2D eigenvalue weighted by Crippen LogP contribution is 2.35. The minimum absolute atomic E-state index is 0.0217. The van der Waals surface area contributed by atoms with Gasteiger partial charge in [0.25, 0.3) is 5.91 Å². The number of esters is 1. The van der Waals surface area contributed by atoms with Crippen molar-refractivity contribution < 1.29 is 28.7 Å². The molecular weight excluding hydrogens is 579 g/mol. The Kier molecular flexibility index (Phi) is 11.0. The maximum atomic E-state index is 13.0. The second-order valence-corrected chi connectivity index (χ2v) is 18.7. The molecule has 0 aliphatic heterocycles. The average molecular weight is 619 g/mol. The van der Waals surface area contributed by atoms with E-state index in [4.69, 9.17) is 26.0 Å². The van der Waals surface area contributed by atoms with E-state index in [1.165, 1.54) is 0 Å². The molecule has 16 heteroatoms. The molecule has 0 unspecified atom stereocenters. The average Bonchev–Trinajstić information content (AvgIpc) is 2.89. The molecule has 1 amide bonds. The van der Waals surface area contributed by atoms with Gasteiger partial charge in [-0.1, -0.05) is 26.1 Å². The topological polar surface area (TPSA) is 220 Å². The van der Waals surface area contributed by atoms with Gasteiger partial charge >= 0.3 is 13.6 Å². The van der Waals surface area contributed by atoms with Crippen LogP contribution in [0.1, 0.15) is 35.3 Å². The highest BCUT2D eigenvalue weighted by molar-refractivity contribution is 7.51. The smallest absolute Gasteiger partial charge is 0.328 e. The van der Waals surface area contributed by atoms with Crippen LogP contribution in [0.2, 0.25) is 25.7 Å². The standard InChI is InChI=1S/C26H39N8O6PSi/c1-34(16-18-15-29-23-21(30-18)22(27)32-26(28)33-23)19-10-8-17(9-11-19)24(35)31-20(7-5-6-13-41(37,38)39)25(36)40-12-14-42(2,3)4/h8-11,15,20H,5-7,12-14,16H2,1-4H3,(H,31,35)(H2,37,38,39)(H4,27,28,29,32,33)/t20-/m0/s1. The number of nitrogens with two attached hydrogens (primary N) is 2. The lowest BCUT2D eigenvalue weighted by Crippen LogP contribution is -2.42. The summed E-state index contributed by atoms with van der Waals surface area (Å²) in [6.45, 7) is 7.15. The first-order valence-electron chi connectivity index (χ1n) is 13.5. The number of carbonyl (C=O) groups is 2. The number of aromatic nitrogens is 4. The van der Waals surface area contributed by atoms with Gasteiger partial charge in [0.1, 0.15) is 6.04 Å². The molecule has 42 heavy (non-hydrogen) atoms. The van der Waals surface area contributed by atoms with Crippen molar-refractivity contribution >= 4 is 56.2 Å². The molecule has 0 spiro atoms. The van der Waals surface area contributed by atoms with Crippen molar-refractivity contribution in [3.63, 3.8) is 0 Å². The van der Waals surface area contributed by atoms with Crippen molar-refractivity contribution in [1.29, 1.82) is 0 Å². The van der Waals surface area contributed by atoms with Crippen LogP contribution in [0.5, 0.6) is 0 Å². The van der Waals surface area contributed by atoms with Crippen LogP contribution in [-0.2, 0) is 20.6 Å². The lowest BCUT2D eigenvalue weighted by atomic mass is 10.1. The third-order valence-corrected chi connectivity index (χ3v) is 8.95. The van der Waals surface area contributed by atoms with Gasteiger partial charge in [0.05, 0.1) is 25.0 Å². The highest BCUT2D eigenvalue weighted by Gasteiger charge is 2.24. The largest absolute Gasteiger partial charge is 0.464 e. The first kappa shape index (κ1) is 32.9. The third kappa shape index (κ3) is 10.3. The van der Waals surface area contributed by atoms with E-state index in [-0.39, 0.29) is 37.4 Å². The normalized spacial score (nSPS) is 12.6. The van der Waals surface area contributed by atoms with Gasteiger partial charge in [0, 0.05) is 32.5 Å². The lowest BCUT2D eigenvalue weighted by Gasteiger charge is -2.21. The molecule has 0 aliphatic rings. The van der Waals surface area contributed by atoms with Gasteiger partial charge in [-0.05, 0) is 43.2 Å². The number of hydrogen-bond donors (Lipinski definition) is 5. The second kappa shape index (κ2) is 14.0. The zero-order chi connectivity index (χ0) is 31.1. The van der Waals surface area contributed by atoms with Gasteiger partial charge in [-0.3, -0.25) is 9.36 Å². The van der Waals surface area contributed by atoms with E-state index in [9.17, 15) is 14.2 Å². The number of carbonyl (C=O) groups excluding carboxylic acids is 2. The van der Waals surface area contributed by atoms with E-state index >= 15 is 0 Å². The van der Waals surface area contributed by atoms with E-state index in [1.807, 2.05) is 11.9 Å². The van der Waals surface area contributed by atoms with Gasteiger partial charge in [-0.15, -0.1) is 0 Å². The molecule has 0 fully saturated rings. The quantitative estimate of drug-likeness (QED) is 0.0760. The Bertz CT molecular complexity index is 1450. The van der Waals surface area contributed by atoms with Crippen LogP contribution in [0.25, 0.3) is 11.2 Å². The lowest BCUT2D eigenvalue weighted by molar-refractivity contribution is -0.145. The minimum Gasteiger partial charge on any atom is -0.464 e. The summed E-state index contributed by atoms with van der Waals surface area (Å²) in [7, 11) is -3.71. The minimum atomic E-state index is -4.14. The SMILES string of the molecule is CN(Cc1cnc2nc(N)nc(N)c2n1)c1ccc(C(=O)N[C@@H](CCCCP(=O)(O)O)C(=O)OCC[Si](C)(C)C)cc1. The summed E-state index contributed by atoms with van der Waals surface area (Å²) in [5, 5.41) is 2.73. The van der Waals surface area contributed by atoms with Gasteiger partial charge in [-0.2, -0.15) is 9.97 Å². The van der Waals surface area contributed by atoms with Gasteiger partial charge < -0.3 is 36.2 Å². The molecule has 1 atom stereocenters. The molecule has 0 aliphatic carbocycles. The van der Waals surface area contributed by atoms with Crippen LogP contribution < -0.4 is 21.7 Å². The van der Waals surface area contributed by atoms with Crippen LogP contribution in [-0.4, -0.2) is 75.5 Å². The Morgan fingerprint density at radius 1 is 1.10 bits per heavy atom. The molecule has 0 saturated heterocycles. The first-order valence-corrected chi connectivity index (χ1v) is 19.0. The van der Waals surface area contributed by atoms with E-state index in [2.05, 4.69) is 44.9 Å².